The lowest BCUT2D eigenvalue weighted by Gasteiger charge is -2.45. The molecule has 0 spiro atoms. The van der Waals surface area contributed by atoms with E-state index in [9.17, 15) is 4.79 Å². The number of rotatable bonds is 1. The number of piperidine rings is 2. The molecule has 3 heterocycles. The molecule has 1 amide bonds. The van der Waals surface area contributed by atoms with Gasteiger partial charge in [-0.2, -0.15) is 0 Å². The van der Waals surface area contributed by atoms with E-state index in [4.69, 9.17) is 5.73 Å². The normalized spacial score (nSPS) is 27.1. The Morgan fingerprint density at radius 1 is 1.30 bits per heavy atom. The molecule has 1 aromatic heterocycles. The number of nitrogens with zero attached hydrogens (tertiary/aromatic N) is 4. The molecule has 2 aliphatic heterocycles. The van der Waals surface area contributed by atoms with E-state index in [1.807, 2.05) is 4.90 Å². The van der Waals surface area contributed by atoms with E-state index in [-0.39, 0.29) is 5.91 Å². The number of fused-ring (bicyclic) bond motifs is 1. The Morgan fingerprint density at radius 2 is 2.15 bits per heavy atom. The lowest BCUT2D eigenvalue weighted by Crippen LogP contribution is -2.54. The molecule has 0 bridgehead atoms. The molecule has 0 saturated carbocycles. The highest BCUT2D eigenvalue weighted by Crippen LogP contribution is 2.29. The van der Waals surface area contributed by atoms with Crippen molar-refractivity contribution in [3.8, 4) is 0 Å². The van der Waals surface area contributed by atoms with Gasteiger partial charge in [-0.3, -0.25) is 4.79 Å². The molecule has 2 atom stereocenters. The highest BCUT2D eigenvalue weighted by atomic mass is 16.2. The highest BCUT2D eigenvalue weighted by Gasteiger charge is 2.36. The Hall–Kier alpha value is -1.69. The minimum absolute atomic E-state index is 0.0239. The number of hydrogen-bond donors (Lipinski definition) is 1. The van der Waals surface area contributed by atoms with Crippen LogP contribution in [-0.4, -0.2) is 58.4 Å². The molecule has 2 aliphatic rings. The maximum Gasteiger partial charge on any atom is 0.274 e. The van der Waals surface area contributed by atoms with Crippen molar-refractivity contribution in [3.05, 3.63) is 18.1 Å². The van der Waals surface area contributed by atoms with Gasteiger partial charge in [0.05, 0.1) is 12.4 Å². The topological polar surface area (TPSA) is 75.3 Å². The lowest BCUT2D eigenvalue weighted by molar-refractivity contribution is 0.0313. The van der Waals surface area contributed by atoms with Crippen LogP contribution in [0.3, 0.4) is 0 Å². The second-order valence-corrected chi connectivity index (χ2v) is 5.82. The molecule has 108 valence electrons. The first-order chi connectivity index (χ1) is 9.65. The summed E-state index contributed by atoms with van der Waals surface area (Å²) < 4.78 is 0. The predicted octanol–water partition coefficient (Wildman–Crippen LogP) is 0.615. The third-order valence-corrected chi connectivity index (χ3v) is 4.52. The molecule has 6 heteroatoms. The summed E-state index contributed by atoms with van der Waals surface area (Å²) in [5.74, 6) is 0.909. The van der Waals surface area contributed by atoms with Crippen molar-refractivity contribution in [3.63, 3.8) is 0 Å². The van der Waals surface area contributed by atoms with Gasteiger partial charge in [-0.05, 0) is 38.8 Å². The van der Waals surface area contributed by atoms with Crippen molar-refractivity contribution < 1.29 is 4.79 Å². The molecular formula is C14H21N5O. The first kappa shape index (κ1) is 13.3. The van der Waals surface area contributed by atoms with Crippen molar-refractivity contribution in [2.75, 3.05) is 32.4 Å². The maximum atomic E-state index is 12.4. The van der Waals surface area contributed by atoms with Gasteiger partial charge in [0.2, 0.25) is 0 Å². The fraction of sp³-hybridized carbons (Fsp3) is 0.643. The standard InChI is InChI=1S/C14H21N5O/c1-18-5-2-3-10-9-19(6-4-12(10)18)14(20)11-7-17-13(15)8-16-11/h7-8,10,12H,2-6,9H2,1H3,(H2,15,17). The molecule has 6 nitrogen and oxygen atoms in total. The predicted molar refractivity (Wildman–Crippen MR) is 76.1 cm³/mol. The number of aromatic nitrogens is 2. The van der Waals surface area contributed by atoms with E-state index in [2.05, 4.69) is 21.9 Å². The summed E-state index contributed by atoms with van der Waals surface area (Å²) in [6.45, 7) is 2.81. The van der Waals surface area contributed by atoms with Crippen molar-refractivity contribution in [2.24, 2.45) is 5.92 Å². The van der Waals surface area contributed by atoms with E-state index in [1.54, 1.807) is 0 Å². The number of nitrogen functional groups attached to an aromatic ring is 1. The molecule has 20 heavy (non-hydrogen) atoms. The van der Waals surface area contributed by atoms with Crippen LogP contribution in [0.5, 0.6) is 0 Å². The monoisotopic (exact) mass is 275 g/mol. The van der Waals surface area contributed by atoms with Crippen LogP contribution >= 0.6 is 0 Å². The van der Waals surface area contributed by atoms with Crippen LogP contribution < -0.4 is 5.73 Å². The van der Waals surface area contributed by atoms with E-state index in [0.717, 1.165) is 19.5 Å². The van der Waals surface area contributed by atoms with Gasteiger partial charge in [-0.1, -0.05) is 0 Å². The van der Waals surface area contributed by atoms with E-state index in [0.29, 0.717) is 23.5 Å². The molecule has 2 unspecified atom stereocenters. The second kappa shape index (κ2) is 5.36. The molecule has 0 aromatic carbocycles. The molecule has 0 aliphatic carbocycles. The number of amides is 1. The fourth-order valence-corrected chi connectivity index (χ4v) is 3.45. The summed E-state index contributed by atoms with van der Waals surface area (Å²) in [4.78, 5) is 24.8. The summed E-state index contributed by atoms with van der Waals surface area (Å²) in [6, 6.07) is 0.630. The Morgan fingerprint density at radius 3 is 2.90 bits per heavy atom. The number of hydrogen-bond acceptors (Lipinski definition) is 5. The number of nitrogens with two attached hydrogens (primary N) is 1. The Balaban J connectivity index is 1.69. The van der Waals surface area contributed by atoms with Gasteiger partial charge in [0.25, 0.3) is 5.91 Å². The molecule has 2 N–H and O–H groups in total. The average Bonchev–Trinajstić information content (AvgIpc) is 2.47. The van der Waals surface area contributed by atoms with Crippen molar-refractivity contribution in [1.82, 2.24) is 19.8 Å². The van der Waals surface area contributed by atoms with Crippen LogP contribution in [-0.2, 0) is 0 Å². The third kappa shape index (κ3) is 2.47. The third-order valence-electron chi connectivity index (χ3n) is 4.52. The van der Waals surface area contributed by atoms with Gasteiger partial charge >= 0.3 is 0 Å². The van der Waals surface area contributed by atoms with Crippen LogP contribution in [0.25, 0.3) is 0 Å². The zero-order valence-electron chi connectivity index (χ0n) is 11.8. The minimum Gasteiger partial charge on any atom is -0.382 e. The van der Waals surface area contributed by atoms with Crippen LogP contribution in [0.1, 0.15) is 29.8 Å². The van der Waals surface area contributed by atoms with Gasteiger partial charge in [0.1, 0.15) is 11.5 Å². The lowest BCUT2D eigenvalue weighted by atomic mass is 9.84. The Labute approximate surface area is 119 Å². The first-order valence-corrected chi connectivity index (χ1v) is 7.22. The van der Waals surface area contributed by atoms with Crippen molar-refractivity contribution in [1.29, 1.82) is 0 Å². The quantitative estimate of drug-likeness (QED) is 0.813. The summed E-state index contributed by atoms with van der Waals surface area (Å²) in [5.41, 5.74) is 5.89. The zero-order valence-corrected chi connectivity index (χ0v) is 11.8. The number of anilines is 1. The van der Waals surface area contributed by atoms with Gasteiger partial charge in [-0.25, -0.2) is 9.97 Å². The first-order valence-electron chi connectivity index (χ1n) is 7.22. The zero-order chi connectivity index (χ0) is 14.1. The van der Waals surface area contributed by atoms with E-state index >= 15 is 0 Å². The molecule has 1 aromatic rings. The summed E-state index contributed by atoms with van der Waals surface area (Å²) in [6.07, 6.45) is 6.40. The smallest absolute Gasteiger partial charge is 0.274 e. The van der Waals surface area contributed by atoms with E-state index in [1.165, 1.54) is 31.8 Å². The summed E-state index contributed by atoms with van der Waals surface area (Å²) in [5, 5.41) is 0. The van der Waals surface area contributed by atoms with Crippen molar-refractivity contribution in [2.45, 2.75) is 25.3 Å². The minimum atomic E-state index is -0.0239. The van der Waals surface area contributed by atoms with Gasteiger partial charge in [-0.15, -0.1) is 0 Å². The molecule has 2 saturated heterocycles. The largest absolute Gasteiger partial charge is 0.382 e. The SMILES string of the molecule is CN1CCCC2CN(C(=O)c3cnc(N)cn3)CCC21. The van der Waals surface area contributed by atoms with Crippen LogP contribution in [0, 0.1) is 5.92 Å². The van der Waals surface area contributed by atoms with Crippen molar-refractivity contribution >= 4 is 11.7 Å². The van der Waals surface area contributed by atoms with Gasteiger partial charge in [0, 0.05) is 19.1 Å². The fourth-order valence-electron chi connectivity index (χ4n) is 3.45. The number of likely N-dealkylation sites (tertiary alicyclic amines) is 2. The van der Waals surface area contributed by atoms with Gasteiger partial charge in [0.15, 0.2) is 0 Å². The van der Waals surface area contributed by atoms with E-state index < -0.39 is 0 Å². The van der Waals surface area contributed by atoms with Crippen LogP contribution in [0.2, 0.25) is 0 Å². The van der Waals surface area contributed by atoms with Crippen LogP contribution in [0.4, 0.5) is 5.82 Å². The molecule has 3 rings (SSSR count). The summed E-state index contributed by atoms with van der Waals surface area (Å²) in [7, 11) is 2.19. The molecule has 2 fully saturated rings. The second-order valence-electron chi connectivity index (χ2n) is 5.82. The molecular weight excluding hydrogens is 254 g/mol. The number of carbonyl (C=O) groups is 1. The highest BCUT2D eigenvalue weighted by molar-refractivity contribution is 5.92. The average molecular weight is 275 g/mol. The van der Waals surface area contributed by atoms with Crippen LogP contribution in [0.15, 0.2) is 12.4 Å². The Bertz CT molecular complexity index is 489. The maximum absolute atomic E-state index is 12.4. The molecule has 0 radical (unpaired) electrons. The number of carbonyl (C=O) groups excluding carboxylic acids is 1. The Kier molecular flexibility index (Phi) is 3.56. The summed E-state index contributed by atoms with van der Waals surface area (Å²) >= 11 is 0. The van der Waals surface area contributed by atoms with Gasteiger partial charge < -0.3 is 15.5 Å².